The molecule has 6 atom stereocenters. The Morgan fingerprint density at radius 1 is 1.08 bits per heavy atom. The van der Waals surface area contributed by atoms with Crippen molar-refractivity contribution < 1.29 is 24.2 Å². The Morgan fingerprint density at radius 2 is 1.83 bits per heavy atom. The number of esters is 1. The normalized spacial score (nSPS) is 51.3. The Morgan fingerprint density at radius 3 is 2.58 bits per heavy atom. The molecule has 0 aromatic rings. The number of hydrogen-bond acceptors (Lipinski definition) is 5. The molecule has 1 saturated heterocycles. The maximum absolute atomic E-state index is 12.9. The van der Waals surface area contributed by atoms with E-state index in [1.165, 1.54) is 0 Å². The zero-order chi connectivity index (χ0) is 17.3. The fraction of sp³-hybridized carbons (Fsp3) is 0.842. The van der Waals surface area contributed by atoms with E-state index in [0.29, 0.717) is 25.9 Å². The number of aliphatic hydroxyl groups is 1. The van der Waals surface area contributed by atoms with Crippen LogP contribution >= 0.6 is 0 Å². The van der Waals surface area contributed by atoms with Crippen LogP contribution in [0.3, 0.4) is 0 Å². The molecule has 0 amide bonds. The highest BCUT2D eigenvalue weighted by Gasteiger charge is 2.66. The van der Waals surface area contributed by atoms with Crippen molar-refractivity contribution in [3.8, 4) is 0 Å². The van der Waals surface area contributed by atoms with Gasteiger partial charge in [-0.3, -0.25) is 14.4 Å². The first kappa shape index (κ1) is 16.2. The van der Waals surface area contributed by atoms with Crippen LogP contribution in [0, 0.1) is 28.6 Å². The summed E-state index contributed by atoms with van der Waals surface area (Å²) in [5.41, 5.74) is -2.12. The SMILES string of the molecule is C[C@]12CC[C@H]3[C@@H](CC(=O)[C@@]4(O)CC(=O)CC[C@]34C)[C@@H]1CC(=O)OC2. The minimum Gasteiger partial charge on any atom is -0.465 e. The zero-order valence-corrected chi connectivity index (χ0v) is 14.5. The first-order valence-corrected chi connectivity index (χ1v) is 9.13. The molecule has 1 N–H and O–H groups in total. The fourth-order valence-electron chi connectivity index (χ4n) is 6.29. The molecule has 5 nitrogen and oxygen atoms in total. The Hall–Kier alpha value is -1.23. The summed E-state index contributed by atoms with van der Waals surface area (Å²) in [5, 5.41) is 11.2. The van der Waals surface area contributed by atoms with Crippen molar-refractivity contribution in [1.29, 1.82) is 0 Å². The Labute approximate surface area is 142 Å². The van der Waals surface area contributed by atoms with Crippen LogP contribution < -0.4 is 0 Å². The summed E-state index contributed by atoms with van der Waals surface area (Å²) in [6.07, 6.45) is 3.52. The molecule has 1 heterocycles. The molecule has 5 heteroatoms. The predicted molar refractivity (Wildman–Crippen MR) is 84.9 cm³/mol. The van der Waals surface area contributed by atoms with E-state index in [2.05, 4.69) is 6.92 Å². The molecule has 0 bridgehead atoms. The lowest BCUT2D eigenvalue weighted by atomic mass is 9.42. The van der Waals surface area contributed by atoms with Gasteiger partial charge < -0.3 is 9.84 Å². The van der Waals surface area contributed by atoms with Crippen LogP contribution in [0.5, 0.6) is 0 Å². The van der Waals surface area contributed by atoms with E-state index < -0.39 is 11.0 Å². The lowest BCUT2D eigenvalue weighted by Crippen LogP contribution is -2.67. The Balaban J connectivity index is 1.74. The van der Waals surface area contributed by atoms with Crippen molar-refractivity contribution in [2.24, 2.45) is 28.6 Å². The summed E-state index contributed by atoms with van der Waals surface area (Å²) in [7, 11) is 0. The predicted octanol–water partition coefficient (Wildman–Crippen LogP) is 2.05. The van der Waals surface area contributed by atoms with Gasteiger partial charge in [0.05, 0.1) is 6.61 Å². The van der Waals surface area contributed by atoms with Crippen molar-refractivity contribution >= 4 is 17.5 Å². The van der Waals surface area contributed by atoms with Crippen LogP contribution in [-0.2, 0) is 19.1 Å². The van der Waals surface area contributed by atoms with Gasteiger partial charge in [0.25, 0.3) is 0 Å². The smallest absolute Gasteiger partial charge is 0.306 e. The maximum atomic E-state index is 12.9. The maximum Gasteiger partial charge on any atom is 0.306 e. The summed E-state index contributed by atoms with van der Waals surface area (Å²) >= 11 is 0. The van der Waals surface area contributed by atoms with Gasteiger partial charge >= 0.3 is 5.97 Å². The third kappa shape index (κ3) is 1.94. The number of ketones is 2. The Bertz CT molecular complexity index is 627. The average Bonchev–Trinajstić information content (AvgIpc) is 2.51. The molecule has 3 aliphatic carbocycles. The van der Waals surface area contributed by atoms with E-state index >= 15 is 0 Å². The van der Waals surface area contributed by atoms with Crippen molar-refractivity contribution in [2.45, 2.75) is 64.4 Å². The minimum atomic E-state index is -1.51. The van der Waals surface area contributed by atoms with Gasteiger partial charge in [0.2, 0.25) is 0 Å². The topological polar surface area (TPSA) is 80.7 Å². The van der Waals surface area contributed by atoms with Gasteiger partial charge in [-0.05, 0) is 37.0 Å². The summed E-state index contributed by atoms with van der Waals surface area (Å²) in [4.78, 5) is 36.7. The van der Waals surface area contributed by atoms with Gasteiger partial charge in [-0.2, -0.15) is 0 Å². The first-order chi connectivity index (χ1) is 11.2. The van der Waals surface area contributed by atoms with Crippen LogP contribution in [-0.4, -0.2) is 34.9 Å². The lowest BCUT2D eigenvalue weighted by Gasteiger charge is -2.62. The molecular formula is C19H26O5. The van der Waals surface area contributed by atoms with E-state index in [9.17, 15) is 19.5 Å². The van der Waals surface area contributed by atoms with Crippen molar-refractivity contribution in [3.63, 3.8) is 0 Å². The van der Waals surface area contributed by atoms with Gasteiger partial charge in [-0.1, -0.05) is 13.8 Å². The Kier molecular flexibility index (Phi) is 3.32. The van der Waals surface area contributed by atoms with Crippen LogP contribution in [0.2, 0.25) is 0 Å². The van der Waals surface area contributed by atoms with Crippen molar-refractivity contribution in [3.05, 3.63) is 0 Å². The summed E-state index contributed by atoms with van der Waals surface area (Å²) in [6, 6.07) is 0. The van der Waals surface area contributed by atoms with E-state index in [4.69, 9.17) is 4.74 Å². The molecule has 4 fully saturated rings. The van der Waals surface area contributed by atoms with Crippen LogP contribution in [0.4, 0.5) is 0 Å². The van der Waals surface area contributed by atoms with Gasteiger partial charge in [0.1, 0.15) is 11.4 Å². The van der Waals surface area contributed by atoms with Crippen LogP contribution in [0.15, 0.2) is 0 Å². The number of cyclic esters (lactones) is 1. The highest BCUT2D eigenvalue weighted by molar-refractivity contribution is 5.96. The number of ether oxygens (including phenoxy) is 1. The summed E-state index contributed by atoms with van der Waals surface area (Å²) in [5.74, 6) is 0.0712. The molecule has 4 aliphatic rings. The summed E-state index contributed by atoms with van der Waals surface area (Å²) < 4.78 is 5.30. The summed E-state index contributed by atoms with van der Waals surface area (Å²) in [6.45, 7) is 4.60. The number of carbonyl (C=O) groups excluding carboxylic acids is 3. The second kappa shape index (κ2) is 4.90. The molecular weight excluding hydrogens is 308 g/mol. The molecule has 24 heavy (non-hydrogen) atoms. The van der Waals surface area contributed by atoms with Gasteiger partial charge in [0.15, 0.2) is 5.78 Å². The van der Waals surface area contributed by atoms with Crippen LogP contribution in [0.1, 0.15) is 58.8 Å². The molecule has 132 valence electrons. The molecule has 0 aromatic heterocycles. The monoisotopic (exact) mass is 334 g/mol. The number of hydrogen-bond donors (Lipinski definition) is 1. The average molecular weight is 334 g/mol. The number of carbonyl (C=O) groups is 3. The van der Waals surface area contributed by atoms with E-state index in [1.54, 1.807) is 0 Å². The van der Waals surface area contributed by atoms with Gasteiger partial charge in [-0.15, -0.1) is 0 Å². The highest BCUT2D eigenvalue weighted by Crippen LogP contribution is 2.64. The molecule has 4 rings (SSSR count). The minimum absolute atomic E-state index is 0.0105. The quantitative estimate of drug-likeness (QED) is 0.686. The van der Waals surface area contributed by atoms with E-state index in [1.807, 2.05) is 6.92 Å². The molecule has 0 spiro atoms. The second-order valence-corrected chi connectivity index (χ2v) is 9.05. The van der Waals surface area contributed by atoms with Gasteiger partial charge in [0, 0.05) is 36.5 Å². The number of fused-ring (bicyclic) bond motifs is 5. The standard InChI is InChI=1S/C19H26O5/c1-17-5-4-13-12(14(17)8-16(22)24-10-17)7-15(21)19(23)9-11(20)3-6-18(13,19)2/h12-14,23H,3-10H2,1-2H3/t12-,13+,14+,17-,18-,19+/m1/s1. The molecule has 1 aliphatic heterocycles. The third-order valence-electron chi connectivity index (χ3n) is 7.93. The van der Waals surface area contributed by atoms with E-state index in [0.717, 1.165) is 12.8 Å². The molecule has 0 unspecified atom stereocenters. The lowest BCUT2D eigenvalue weighted by molar-refractivity contribution is -0.212. The second-order valence-electron chi connectivity index (χ2n) is 9.05. The highest BCUT2D eigenvalue weighted by atomic mass is 16.5. The van der Waals surface area contributed by atoms with Crippen molar-refractivity contribution in [1.82, 2.24) is 0 Å². The molecule has 0 radical (unpaired) electrons. The van der Waals surface area contributed by atoms with Gasteiger partial charge in [-0.25, -0.2) is 0 Å². The fourth-order valence-corrected chi connectivity index (χ4v) is 6.29. The number of rotatable bonds is 0. The van der Waals surface area contributed by atoms with Crippen molar-refractivity contribution in [2.75, 3.05) is 6.61 Å². The largest absolute Gasteiger partial charge is 0.465 e. The first-order valence-electron chi connectivity index (χ1n) is 9.13. The molecule has 0 aromatic carbocycles. The van der Waals surface area contributed by atoms with Crippen LogP contribution in [0.25, 0.3) is 0 Å². The zero-order valence-electron chi connectivity index (χ0n) is 14.5. The third-order valence-corrected chi connectivity index (χ3v) is 7.93. The number of Topliss-reactive ketones (excluding diaryl/α,β-unsaturated/α-hetero) is 2. The molecule has 3 saturated carbocycles. The van der Waals surface area contributed by atoms with E-state index in [-0.39, 0.29) is 53.5 Å².